The number of piperidine rings is 1. The Morgan fingerprint density at radius 2 is 1.82 bits per heavy atom. The van der Waals surface area contributed by atoms with E-state index in [4.69, 9.17) is 4.42 Å². The van der Waals surface area contributed by atoms with Crippen LogP contribution >= 0.6 is 0 Å². The van der Waals surface area contributed by atoms with Crippen molar-refractivity contribution in [3.63, 3.8) is 0 Å². The maximum Gasteiger partial charge on any atom is 0.230 e. The van der Waals surface area contributed by atoms with Crippen LogP contribution in [-0.4, -0.2) is 29.9 Å². The van der Waals surface area contributed by atoms with Crippen LogP contribution in [0.2, 0.25) is 0 Å². The van der Waals surface area contributed by atoms with E-state index in [9.17, 15) is 4.79 Å². The Balaban J connectivity index is 1.29. The van der Waals surface area contributed by atoms with Crippen LogP contribution in [-0.2, 0) is 11.3 Å². The Morgan fingerprint density at radius 1 is 1.11 bits per heavy atom. The fourth-order valence-corrected chi connectivity index (χ4v) is 4.13. The van der Waals surface area contributed by atoms with Gasteiger partial charge in [0, 0.05) is 24.5 Å². The third-order valence-electron chi connectivity index (χ3n) is 5.76. The maximum atomic E-state index is 13.0. The molecule has 0 aliphatic carbocycles. The molecular formula is C24H28N2O2. The van der Waals surface area contributed by atoms with Crippen LogP contribution in [0.4, 0.5) is 0 Å². The summed E-state index contributed by atoms with van der Waals surface area (Å²) >= 11 is 0. The topological polar surface area (TPSA) is 45.5 Å². The molecule has 1 atom stereocenters. The molecule has 4 heteroatoms. The molecule has 2 heterocycles. The number of amides is 1. The number of rotatable bonds is 6. The van der Waals surface area contributed by atoms with E-state index in [2.05, 4.69) is 36.5 Å². The molecule has 2 aromatic carbocycles. The predicted molar refractivity (Wildman–Crippen MR) is 112 cm³/mol. The van der Waals surface area contributed by atoms with Crippen LogP contribution in [0.25, 0.3) is 11.0 Å². The van der Waals surface area contributed by atoms with Gasteiger partial charge in [0.2, 0.25) is 5.91 Å². The lowest BCUT2D eigenvalue weighted by Gasteiger charge is -2.34. The van der Waals surface area contributed by atoms with Crippen molar-refractivity contribution in [3.05, 3.63) is 72.0 Å². The minimum Gasteiger partial charge on any atom is -0.460 e. The normalized spacial score (nSPS) is 16.4. The lowest BCUT2D eigenvalue weighted by Crippen LogP contribution is -2.46. The highest BCUT2D eigenvalue weighted by atomic mass is 16.3. The monoisotopic (exact) mass is 376 g/mol. The van der Waals surface area contributed by atoms with E-state index in [-0.39, 0.29) is 11.8 Å². The van der Waals surface area contributed by atoms with E-state index < -0.39 is 0 Å². The number of furan rings is 1. The maximum absolute atomic E-state index is 13.0. The molecule has 1 aliphatic rings. The second-order valence-corrected chi connectivity index (χ2v) is 7.60. The highest BCUT2D eigenvalue weighted by molar-refractivity contribution is 5.83. The van der Waals surface area contributed by atoms with Crippen LogP contribution in [0.5, 0.6) is 0 Å². The summed E-state index contributed by atoms with van der Waals surface area (Å²) in [5.74, 6) is 1.21. The lowest BCUT2D eigenvalue weighted by atomic mass is 9.93. The van der Waals surface area contributed by atoms with Crippen LogP contribution in [0.1, 0.15) is 43.4 Å². The Bertz CT molecular complexity index is 878. The molecule has 1 saturated heterocycles. The van der Waals surface area contributed by atoms with E-state index >= 15 is 0 Å². The molecular weight excluding hydrogens is 348 g/mol. The molecule has 1 aromatic heterocycles. The molecule has 4 rings (SSSR count). The van der Waals surface area contributed by atoms with Gasteiger partial charge in [-0.3, -0.25) is 4.79 Å². The lowest BCUT2D eigenvalue weighted by molar-refractivity contribution is -0.134. The Morgan fingerprint density at radius 3 is 2.54 bits per heavy atom. The molecule has 4 nitrogen and oxygen atoms in total. The van der Waals surface area contributed by atoms with Crippen molar-refractivity contribution in [1.82, 2.24) is 10.2 Å². The van der Waals surface area contributed by atoms with Crippen molar-refractivity contribution < 1.29 is 9.21 Å². The molecule has 0 saturated carbocycles. The summed E-state index contributed by atoms with van der Waals surface area (Å²) in [6, 6.07) is 20.8. The van der Waals surface area contributed by atoms with Crippen molar-refractivity contribution in [2.75, 3.05) is 13.1 Å². The van der Waals surface area contributed by atoms with Crippen LogP contribution < -0.4 is 5.32 Å². The summed E-state index contributed by atoms with van der Waals surface area (Å²) < 4.78 is 5.89. The van der Waals surface area contributed by atoms with Crippen LogP contribution in [0.15, 0.2) is 65.1 Å². The van der Waals surface area contributed by atoms with Gasteiger partial charge in [-0.2, -0.15) is 0 Å². The zero-order chi connectivity index (χ0) is 19.3. The number of fused-ring (bicyclic) bond motifs is 1. The highest BCUT2D eigenvalue weighted by Crippen LogP contribution is 2.24. The molecule has 1 unspecified atom stereocenters. The number of hydrogen-bond donors (Lipinski definition) is 1. The fourth-order valence-electron chi connectivity index (χ4n) is 4.13. The first-order chi connectivity index (χ1) is 13.7. The minimum absolute atomic E-state index is 0.0266. The van der Waals surface area contributed by atoms with Gasteiger partial charge in [-0.15, -0.1) is 0 Å². The Labute approximate surface area is 166 Å². The van der Waals surface area contributed by atoms with Crippen molar-refractivity contribution >= 4 is 16.9 Å². The summed E-state index contributed by atoms with van der Waals surface area (Å²) in [6.07, 6.45) is 2.81. The number of likely N-dealkylation sites (tertiary alicyclic amines) is 1. The molecule has 1 aliphatic heterocycles. The molecule has 1 N–H and O–H groups in total. The van der Waals surface area contributed by atoms with Gasteiger partial charge in [-0.1, -0.05) is 55.5 Å². The van der Waals surface area contributed by atoms with Crippen molar-refractivity contribution in [3.8, 4) is 0 Å². The molecule has 0 spiro atoms. The second kappa shape index (κ2) is 8.61. The number of para-hydroxylation sites is 1. The van der Waals surface area contributed by atoms with Crippen LogP contribution in [0.3, 0.4) is 0 Å². The molecule has 1 amide bonds. The largest absolute Gasteiger partial charge is 0.460 e. The molecule has 0 radical (unpaired) electrons. The van der Waals surface area contributed by atoms with Crippen molar-refractivity contribution in [2.24, 2.45) is 0 Å². The van der Waals surface area contributed by atoms with Gasteiger partial charge in [0.05, 0.1) is 12.5 Å². The molecule has 28 heavy (non-hydrogen) atoms. The number of hydrogen-bond acceptors (Lipinski definition) is 3. The quantitative estimate of drug-likeness (QED) is 0.678. The fraction of sp³-hybridized carbons (Fsp3) is 0.375. The number of nitrogens with zero attached hydrogens (tertiary/aromatic N) is 1. The summed E-state index contributed by atoms with van der Waals surface area (Å²) in [5, 5.41) is 4.75. The highest BCUT2D eigenvalue weighted by Gasteiger charge is 2.28. The first-order valence-corrected chi connectivity index (χ1v) is 10.3. The molecule has 0 bridgehead atoms. The van der Waals surface area contributed by atoms with Gasteiger partial charge < -0.3 is 14.6 Å². The third-order valence-corrected chi connectivity index (χ3v) is 5.76. The van der Waals surface area contributed by atoms with Gasteiger partial charge in [0.25, 0.3) is 0 Å². The summed E-state index contributed by atoms with van der Waals surface area (Å²) in [7, 11) is 0. The Kier molecular flexibility index (Phi) is 5.77. The standard InChI is InChI=1S/C24H28N2O2/c1-2-22(18-8-4-3-5-9-18)24(27)26-14-12-20(13-15-26)25-17-21-16-19-10-6-7-11-23(19)28-21/h3-11,16,20,22,25H,2,12-15,17H2,1H3. The Hall–Kier alpha value is -2.59. The predicted octanol–water partition coefficient (Wildman–Crippen LogP) is 4.71. The summed E-state index contributed by atoms with van der Waals surface area (Å²) in [4.78, 5) is 15.0. The van der Waals surface area contributed by atoms with Crippen molar-refractivity contribution in [2.45, 2.75) is 44.7 Å². The molecule has 146 valence electrons. The van der Waals surface area contributed by atoms with E-state index in [1.54, 1.807) is 0 Å². The van der Waals surface area contributed by atoms with Gasteiger partial charge in [-0.05, 0) is 37.0 Å². The van der Waals surface area contributed by atoms with Gasteiger partial charge in [0.1, 0.15) is 11.3 Å². The van der Waals surface area contributed by atoms with Gasteiger partial charge in [-0.25, -0.2) is 0 Å². The smallest absolute Gasteiger partial charge is 0.230 e. The van der Waals surface area contributed by atoms with Crippen LogP contribution in [0, 0.1) is 0 Å². The molecule has 3 aromatic rings. The zero-order valence-electron chi connectivity index (χ0n) is 16.4. The number of benzene rings is 2. The van der Waals surface area contributed by atoms with E-state index in [1.807, 2.05) is 41.3 Å². The first kappa shape index (κ1) is 18.8. The third kappa shape index (κ3) is 4.12. The summed E-state index contributed by atoms with van der Waals surface area (Å²) in [5.41, 5.74) is 2.06. The van der Waals surface area contributed by atoms with E-state index in [0.29, 0.717) is 6.04 Å². The number of carbonyl (C=O) groups excluding carboxylic acids is 1. The van der Waals surface area contributed by atoms with E-state index in [0.717, 1.165) is 61.2 Å². The van der Waals surface area contributed by atoms with Gasteiger partial charge >= 0.3 is 0 Å². The number of carbonyl (C=O) groups is 1. The minimum atomic E-state index is -0.0266. The number of nitrogens with one attached hydrogen (secondary N) is 1. The molecule has 1 fully saturated rings. The van der Waals surface area contributed by atoms with Crippen molar-refractivity contribution in [1.29, 1.82) is 0 Å². The van der Waals surface area contributed by atoms with E-state index in [1.165, 1.54) is 0 Å². The average Bonchev–Trinajstić information content (AvgIpc) is 3.17. The second-order valence-electron chi connectivity index (χ2n) is 7.60. The first-order valence-electron chi connectivity index (χ1n) is 10.3. The summed E-state index contributed by atoms with van der Waals surface area (Å²) in [6.45, 7) is 4.46. The zero-order valence-corrected chi connectivity index (χ0v) is 16.4. The average molecular weight is 377 g/mol. The SMILES string of the molecule is CCC(C(=O)N1CCC(NCc2cc3ccccc3o2)CC1)c1ccccc1. The van der Waals surface area contributed by atoms with Gasteiger partial charge in [0.15, 0.2) is 0 Å².